The van der Waals surface area contributed by atoms with Gasteiger partial charge in [0.2, 0.25) is 5.51 Å². The zero-order valence-corrected chi connectivity index (χ0v) is 26.2. The van der Waals surface area contributed by atoms with Crippen molar-refractivity contribution >= 4 is 22.9 Å². The van der Waals surface area contributed by atoms with Gasteiger partial charge in [-0.15, -0.1) is 0 Å². The monoisotopic (exact) mass is 563 g/mol. The standard InChI is InChI=1S/C35H50N2O2S/c1-5-6-7-8-9-10-11-12-13-14-15-18-24-39-33-26-30(35(2,3)4)21-22-32(33)36-34(38)31-20-17-16-19-29(31)27-37-23-25-40-28-37/h16-17,19-23,25-26,28H,5-15,18,24,27H2,1-4H3/p+1. The molecular formula is C35H51N2O2S+. The molecule has 3 rings (SSSR count). The fourth-order valence-corrected chi connectivity index (χ4v) is 5.55. The maximum Gasteiger partial charge on any atom is 0.256 e. The van der Waals surface area contributed by atoms with Crippen molar-refractivity contribution in [2.75, 3.05) is 11.9 Å². The van der Waals surface area contributed by atoms with Gasteiger partial charge in [0, 0.05) is 11.1 Å². The smallest absolute Gasteiger partial charge is 0.256 e. The van der Waals surface area contributed by atoms with E-state index in [9.17, 15) is 4.79 Å². The van der Waals surface area contributed by atoms with Gasteiger partial charge in [0.25, 0.3) is 5.91 Å². The van der Waals surface area contributed by atoms with Crippen molar-refractivity contribution in [3.63, 3.8) is 0 Å². The molecule has 4 nitrogen and oxygen atoms in total. The van der Waals surface area contributed by atoms with Crippen molar-refractivity contribution in [3.8, 4) is 5.75 Å². The zero-order chi connectivity index (χ0) is 28.6. The number of nitrogens with one attached hydrogen (secondary N) is 1. The van der Waals surface area contributed by atoms with Crippen molar-refractivity contribution in [3.05, 3.63) is 76.2 Å². The van der Waals surface area contributed by atoms with Crippen molar-refractivity contribution in [2.45, 2.75) is 117 Å². The topological polar surface area (TPSA) is 42.2 Å². The molecule has 0 saturated heterocycles. The third-order valence-electron chi connectivity index (χ3n) is 7.49. The second kappa shape index (κ2) is 17.2. The molecule has 1 amide bonds. The van der Waals surface area contributed by atoms with E-state index in [4.69, 9.17) is 4.74 Å². The summed E-state index contributed by atoms with van der Waals surface area (Å²) in [5, 5.41) is 5.19. The van der Waals surface area contributed by atoms with Crippen LogP contribution >= 0.6 is 11.3 Å². The van der Waals surface area contributed by atoms with E-state index in [1.54, 1.807) is 11.3 Å². The number of hydrogen-bond acceptors (Lipinski definition) is 3. The first-order valence-electron chi connectivity index (χ1n) is 15.5. The van der Waals surface area contributed by atoms with Crippen LogP contribution in [0, 0.1) is 0 Å². The molecule has 2 aromatic carbocycles. The van der Waals surface area contributed by atoms with E-state index in [1.165, 1.54) is 76.2 Å². The predicted molar refractivity (Wildman–Crippen MR) is 170 cm³/mol. The second-order valence-corrected chi connectivity index (χ2v) is 12.8. The van der Waals surface area contributed by atoms with Gasteiger partial charge in [-0.25, -0.2) is 0 Å². The number of amides is 1. The molecule has 0 unspecified atom stereocenters. The molecule has 0 saturated carbocycles. The number of carbonyl (C=O) groups is 1. The Morgan fingerprint density at radius 3 is 2.15 bits per heavy atom. The summed E-state index contributed by atoms with van der Waals surface area (Å²) >= 11 is 1.65. The number of thiazole rings is 1. The van der Waals surface area contributed by atoms with Crippen LogP contribution in [0.5, 0.6) is 5.75 Å². The number of anilines is 1. The zero-order valence-electron chi connectivity index (χ0n) is 25.3. The second-order valence-electron chi connectivity index (χ2n) is 12.0. The molecule has 0 radical (unpaired) electrons. The molecule has 0 fully saturated rings. The van der Waals surface area contributed by atoms with E-state index in [0.717, 1.165) is 23.4 Å². The Morgan fingerprint density at radius 1 is 0.875 bits per heavy atom. The highest BCUT2D eigenvalue weighted by Crippen LogP contribution is 2.32. The number of unbranched alkanes of at least 4 members (excludes halogenated alkanes) is 11. The van der Waals surface area contributed by atoms with Gasteiger partial charge < -0.3 is 10.1 Å². The minimum atomic E-state index is -0.106. The van der Waals surface area contributed by atoms with Crippen molar-refractivity contribution < 1.29 is 14.1 Å². The van der Waals surface area contributed by atoms with E-state index >= 15 is 0 Å². The summed E-state index contributed by atoms with van der Waals surface area (Å²) in [6.45, 7) is 10.2. The van der Waals surface area contributed by atoms with E-state index in [2.05, 4.69) is 55.2 Å². The lowest BCUT2D eigenvalue weighted by molar-refractivity contribution is -0.683. The molecule has 1 heterocycles. The SMILES string of the molecule is CCCCCCCCCCCCCCOc1cc(C(C)(C)C)ccc1NC(=O)c1ccccc1C[n+]1ccsc1. The minimum Gasteiger partial charge on any atom is -0.491 e. The highest BCUT2D eigenvalue weighted by Gasteiger charge is 2.19. The van der Waals surface area contributed by atoms with Crippen LogP contribution in [-0.4, -0.2) is 12.5 Å². The van der Waals surface area contributed by atoms with Gasteiger partial charge in [-0.05, 0) is 35.6 Å². The molecule has 0 aliphatic heterocycles. The Hall–Kier alpha value is -2.66. The third-order valence-corrected chi connectivity index (χ3v) is 8.16. The predicted octanol–water partition coefficient (Wildman–Crippen LogP) is 9.71. The highest BCUT2D eigenvalue weighted by molar-refractivity contribution is 7.07. The van der Waals surface area contributed by atoms with E-state index < -0.39 is 0 Å². The van der Waals surface area contributed by atoms with Crippen LogP contribution in [0.4, 0.5) is 5.69 Å². The van der Waals surface area contributed by atoms with Crippen LogP contribution in [0.2, 0.25) is 0 Å². The number of nitrogens with zero attached hydrogens (tertiary/aromatic N) is 1. The quantitative estimate of drug-likeness (QED) is 0.124. The lowest BCUT2D eigenvalue weighted by Crippen LogP contribution is -2.32. The van der Waals surface area contributed by atoms with E-state index in [0.29, 0.717) is 18.7 Å². The van der Waals surface area contributed by atoms with Crippen molar-refractivity contribution in [1.29, 1.82) is 0 Å². The first-order chi connectivity index (χ1) is 19.4. The van der Waals surface area contributed by atoms with Crippen LogP contribution in [0.1, 0.15) is 126 Å². The van der Waals surface area contributed by atoms with Gasteiger partial charge >= 0.3 is 0 Å². The Bertz CT molecular complexity index is 1130. The van der Waals surface area contributed by atoms with Gasteiger partial charge in [0.05, 0.1) is 17.7 Å². The fourth-order valence-electron chi connectivity index (χ4n) is 4.95. The van der Waals surface area contributed by atoms with Gasteiger partial charge in [0.1, 0.15) is 5.75 Å². The summed E-state index contributed by atoms with van der Waals surface area (Å²) in [5.74, 6) is 0.652. The molecule has 0 aliphatic rings. The summed E-state index contributed by atoms with van der Waals surface area (Å²) in [6.07, 6.45) is 17.9. The van der Waals surface area contributed by atoms with Crippen LogP contribution in [0.25, 0.3) is 0 Å². The maximum atomic E-state index is 13.4. The number of carbonyl (C=O) groups excluding carboxylic acids is 1. The molecule has 1 N–H and O–H groups in total. The molecule has 218 valence electrons. The normalized spacial score (nSPS) is 11.5. The number of aromatic nitrogens is 1. The largest absolute Gasteiger partial charge is 0.491 e. The molecule has 5 heteroatoms. The summed E-state index contributed by atoms with van der Waals surface area (Å²) < 4.78 is 8.39. The van der Waals surface area contributed by atoms with Crippen molar-refractivity contribution in [1.82, 2.24) is 0 Å². The Morgan fingerprint density at radius 2 is 1.52 bits per heavy atom. The number of rotatable bonds is 18. The summed E-state index contributed by atoms with van der Waals surface area (Å²) in [4.78, 5) is 13.4. The number of benzene rings is 2. The maximum absolute atomic E-state index is 13.4. The Labute approximate surface area is 247 Å². The summed E-state index contributed by atoms with van der Waals surface area (Å²) in [7, 11) is 0. The van der Waals surface area contributed by atoms with Gasteiger partial charge in [-0.1, -0.05) is 134 Å². The van der Waals surface area contributed by atoms with E-state index in [1.807, 2.05) is 41.9 Å². The Balaban J connectivity index is 1.51. The van der Waals surface area contributed by atoms with Gasteiger partial charge in [-0.3, -0.25) is 4.79 Å². The van der Waals surface area contributed by atoms with Gasteiger partial charge in [-0.2, -0.15) is 4.57 Å². The minimum absolute atomic E-state index is 0.000999. The van der Waals surface area contributed by atoms with Crippen LogP contribution in [0.15, 0.2) is 59.6 Å². The first kappa shape index (κ1) is 31.9. The summed E-state index contributed by atoms with van der Waals surface area (Å²) in [6, 6.07) is 14.0. The molecule has 0 atom stereocenters. The lowest BCUT2D eigenvalue weighted by Gasteiger charge is -2.22. The highest BCUT2D eigenvalue weighted by atomic mass is 32.1. The molecule has 40 heavy (non-hydrogen) atoms. The molecule has 1 aromatic heterocycles. The molecule has 0 spiro atoms. The molecule has 0 aliphatic carbocycles. The van der Waals surface area contributed by atoms with E-state index in [-0.39, 0.29) is 11.3 Å². The van der Waals surface area contributed by atoms with Crippen LogP contribution in [-0.2, 0) is 12.0 Å². The third kappa shape index (κ3) is 11.1. The van der Waals surface area contributed by atoms with Crippen molar-refractivity contribution in [2.24, 2.45) is 0 Å². The lowest BCUT2D eigenvalue weighted by atomic mass is 9.87. The average Bonchev–Trinajstić information content (AvgIpc) is 3.45. The molecule has 0 bridgehead atoms. The molecular weight excluding hydrogens is 512 g/mol. The fraction of sp³-hybridized carbons (Fsp3) is 0.543. The van der Waals surface area contributed by atoms with Crippen LogP contribution in [0.3, 0.4) is 0 Å². The van der Waals surface area contributed by atoms with Gasteiger partial charge in [0.15, 0.2) is 12.7 Å². The Kier molecular flexibility index (Phi) is 13.7. The summed E-state index contributed by atoms with van der Waals surface area (Å²) in [5.41, 5.74) is 5.67. The average molecular weight is 564 g/mol. The first-order valence-corrected chi connectivity index (χ1v) is 16.4. The van der Waals surface area contributed by atoms with Crippen LogP contribution < -0.4 is 14.6 Å². The molecule has 3 aromatic rings. The number of hydrogen-bond donors (Lipinski definition) is 1. The number of ether oxygens (including phenoxy) is 1.